The molecule has 1 aromatic rings. The van der Waals surface area contributed by atoms with Crippen molar-refractivity contribution < 1.29 is 19.1 Å². The number of morpholine rings is 1. The Labute approximate surface area is 173 Å². The van der Waals surface area contributed by atoms with Crippen LogP contribution in [0.5, 0.6) is 0 Å². The average molecular weight is 401 g/mol. The maximum absolute atomic E-state index is 13.0. The Morgan fingerprint density at radius 3 is 2.31 bits per heavy atom. The van der Waals surface area contributed by atoms with Gasteiger partial charge in [0.25, 0.3) is 5.91 Å². The molecule has 4 rings (SSSR count). The Morgan fingerprint density at radius 1 is 1.07 bits per heavy atom. The fraction of sp³-hybridized carbons (Fsp3) is 0.652. The maximum atomic E-state index is 13.0. The highest BCUT2D eigenvalue weighted by Gasteiger charge is 2.52. The predicted octanol–water partition coefficient (Wildman–Crippen LogP) is 3.71. The van der Waals surface area contributed by atoms with Crippen molar-refractivity contribution in [2.24, 2.45) is 5.92 Å². The lowest BCUT2D eigenvalue weighted by Crippen LogP contribution is -2.55. The Morgan fingerprint density at radius 2 is 1.72 bits per heavy atom. The van der Waals surface area contributed by atoms with Crippen LogP contribution in [-0.2, 0) is 9.47 Å². The lowest BCUT2D eigenvalue weighted by atomic mass is 9.89. The molecule has 6 nitrogen and oxygen atoms in total. The van der Waals surface area contributed by atoms with Crippen LogP contribution in [0.25, 0.3) is 0 Å². The van der Waals surface area contributed by atoms with Crippen LogP contribution in [0.4, 0.5) is 4.79 Å². The van der Waals surface area contributed by atoms with Gasteiger partial charge < -0.3 is 19.3 Å². The number of benzene rings is 1. The SMILES string of the molecule is CC(C)(C)OC(=O)N1CCC(C2CN(C(=O)c3ccccc3)CC3(CC3)O2)CC1. The standard InChI is InChI=1S/C23H32N2O4/c1-22(2,3)29-21(27)24-13-9-17(10-14-24)19-15-25(16-23(28-19)11-12-23)20(26)18-7-5-4-6-8-18/h4-8,17,19H,9-16H2,1-3H3. The topological polar surface area (TPSA) is 59.1 Å². The molecule has 0 bridgehead atoms. The number of rotatable bonds is 2. The molecule has 0 radical (unpaired) electrons. The molecule has 0 aromatic heterocycles. The number of hydrogen-bond acceptors (Lipinski definition) is 4. The van der Waals surface area contributed by atoms with Gasteiger partial charge in [-0.15, -0.1) is 0 Å². The van der Waals surface area contributed by atoms with Crippen molar-refractivity contribution in [2.75, 3.05) is 26.2 Å². The lowest BCUT2D eigenvalue weighted by Gasteiger charge is -2.44. The minimum absolute atomic E-state index is 0.0414. The van der Waals surface area contributed by atoms with Crippen LogP contribution < -0.4 is 0 Å². The van der Waals surface area contributed by atoms with Crippen LogP contribution in [0.1, 0.15) is 56.8 Å². The molecule has 158 valence electrons. The molecule has 1 unspecified atom stereocenters. The van der Waals surface area contributed by atoms with Gasteiger partial charge in [0, 0.05) is 25.2 Å². The zero-order valence-electron chi connectivity index (χ0n) is 17.7. The van der Waals surface area contributed by atoms with E-state index in [-0.39, 0.29) is 23.7 Å². The Bertz CT molecular complexity index is 746. The third kappa shape index (κ3) is 4.74. The number of piperidine rings is 1. The largest absolute Gasteiger partial charge is 0.444 e. The third-order valence-corrected chi connectivity index (χ3v) is 6.11. The van der Waals surface area contributed by atoms with Gasteiger partial charge in [0.1, 0.15) is 5.60 Å². The molecule has 2 aliphatic heterocycles. The highest BCUT2D eigenvalue weighted by molar-refractivity contribution is 5.94. The summed E-state index contributed by atoms with van der Waals surface area (Å²) in [6, 6.07) is 9.51. The van der Waals surface area contributed by atoms with Gasteiger partial charge in [-0.1, -0.05) is 18.2 Å². The summed E-state index contributed by atoms with van der Waals surface area (Å²) in [6.45, 7) is 8.35. The van der Waals surface area contributed by atoms with Crippen molar-refractivity contribution >= 4 is 12.0 Å². The minimum Gasteiger partial charge on any atom is -0.444 e. The second-order valence-corrected chi connectivity index (χ2v) is 9.70. The number of carbonyl (C=O) groups excluding carboxylic acids is 2. The number of likely N-dealkylation sites (tertiary alicyclic amines) is 1. The van der Waals surface area contributed by atoms with Crippen LogP contribution in [-0.4, -0.2) is 65.3 Å². The monoisotopic (exact) mass is 400 g/mol. The Balaban J connectivity index is 1.38. The highest BCUT2D eigenvalue weighted by Crippen LogP contribution is 2.46. The summed E-state index contributed by atoms with van der Waals surface area (Å²) in [6.07, 6.45) is 3.62. The molecule has 29 heavy (non-hydrogen) atoms. The summed E-state index contributed by atoms with van der Waals surface area (Å²) in [7, 11) is 0. The number of nitrogens with zero attached hydrogens (tertiary/aromatic N) is 2. The van der Waals surface area contributed by atoms with E-state index in [4.69, 9.17) is 9.47 Å². The van der Waals surface area contributed by atoms with Crippen LogP contribution >= 0.6 is 0 Å². The zero-order valence-corrected chi connectivity index (χ0v) is 17.7. The third-order valence-electron chi connectivity index (χ3n) is 6.11. The molecule has 6 heteroatoms. The smallest absolute Gasteiger partial charge is 0.410 e. The Kier molecular flexibility index (Phi) is 5.32. The van der Waals surface area contributed by atoms with Crippen LogP contribution in [0, 0.1) is 5.92 Å². The molecule has 1 spiro atoms. The fourth-order valence-corrected chi connectivity index (χ4v) is 4.38. The molecule has 3 fully saturated rings. The summed E-state index contributed by atoms with van der Waals surface area (Å²) in [4.78, 5) is 29.1. The van der Waals surface area contributed by atoms with E-state index in [0.29, 0.717) is 32.1 Å². The molecular formula is C23H32N2O4. The van der Waals surface area contributed by atoms with E-state index >= 15 is 0 Å². The van der Waals surface area contributed by atoms with E-state index < -0.39 is 5.60 Å². The van der Waals surface area contributed by atoms with Crippen LogP contribution in [0.15, 0.2) is 30.3 Å². The van der Waals surface area contributed by atoms with Gasteiger partial charge in [-0.25, -0.2) is 4.79 Å². The van der Waals surface area contributed by atoms with Gasteiger partial charge in [0.15, 0.2) is 0 Å². The summed E-state index contributed by atoms with van der Waals surface area (Å²) >= 11 is 0. The van der Waals surface area contributed by atoms with Crippen molar-refractivity contribution in [1.82, 2.24) is 9.80 Å². The predicted molar refractivity (Wildman–Crippen MR) is 110 cm³/mol. The van der Waals surface area contributed by atoms with E-state index in [1.54, 1.807) is 4.90 Å². The number of ether oxygens (including phenoxy) is 2. The molecule has 1 atom stereocenters. The molecule has 2 heterocycles. The van der Waals surface area contributed by atoms with Crippen molar-refractivity contribution in [3.05, 3.63) is 35.9 Å². The van der Waals surface area contributed by atoms with Crippen molar-refractivity contribution in [3.8, 4) is 0 Å². The first-order chi connectivity index (χ1) is 13.7. The van der Waals surface area contributed by atoms with E-state index in [2.05, 4.69) is 0 Å². The van der Waals surface area contributed by atoms with Crippen LogP contribution in [0.3, 0.4) is 0 Å². The van der Waals surface area contributed by atoms with Crippen molar-refractivity contribution in [3.63, 3.8) is 0 Å². The number of hydrogen-bond donors (Lipinski definition) is 0. The van der Waals surface area contributed by atoms with Crippen molar-refractivity contribution in [1.29, 1.82) is 0 Å². The first-order valence-corrected chi connectivity index (χ1v) is 10.7. The van der Waals surface area contributed by atoms with Gasteiger partial charge in [-0.2, -0.15) is 0 Å². The van der Waals surface area contributed by atoms with Crippen LogP contribution in [0.2, 0.25) is 0 Å². The molecule has 0 N–H and O–H groups in total. The summed E-state index contributed by atoms with van der Waals surface area (Å²) in [5, 5.41) is 0. The average Bonchev–Trinajstić information content (AvgIpc) is 3.44. The van der Waals surface area contributed by atoms with Gasteiger partial charge in [0.05, 0.1) is 18.2 Å². The number of carbonyl (C=O) groups is 2. The fourth-order valence-electron chi connectivity index (χ4n) is 4.38. The maximum Gasteiger partial charge on any atom is 0.410 e. The van der Waals surface area contributed by atoms with E-state index in [1.807, 2.05) is 56.0 Å². The molecular weight excluding hydrogens is 368 g/mol. The second kappa shape index (κ2) is 7.63. The minimum atomic E-state index is -0.475. The lowest BCUT2D eigenvalue weighted by molar-refractivity contribution is -0.121. The summed E-state index contributed by atoms with van der Waals surface area (Å²) in [5.74, 6) is 0.453. The molecule has 1 aromatic carbocycles. The van der Waals surface area contributed by atoms with Crippen molar-refractivity contribution in [2.45, 2.75) is 63.8 Å². The van der Waals surface area contributed by atoms with Gasteiger partial charge >= 0.3 is 6.09 Å². The second-order valence-electron chi connectivity index (χ2n) is 9.70. The quantitative estimate of drug-likeness (QED) is 0.759. The van der Waals surface area contributed by atoms with Gasteiger partial charge in [-0.3, -0.25) is 4.79 Å². The summed E-state index contributed by atoms with van der Waals surface area (Å²) in [5.41, 5.74) is 0.121. The first-order valence-electron chi connectivity index (χ1n) is 10.7. The molecule has 3 aliphatic rings. The Hall–Kier alpha value is -2.08. The highest BCUT2D eigenvalue weighted by atomic mass is 16.6. The number of amides is 2. The normalized spacial score (nSPS) is 24.4. The van der Waals surface area contributed by atoms with Gasteiger partial charge in [-0.05, 0) is 64.5 Å². The zero-order chi connectivity index (χ0) is 20.6. The molecule has 1 saturated carbocycles. The molecule has 2 amide bonds. The van der Waals surface area contributed by atoms with E-state index in [9.17, 15) is 9.59 Å². The van der Waals surface area contributed by atoms with Gasteiger partial charge in [0.2, 0.25) is 0 Å². The summed E-state index contributed by atoms with van der Waals surface area (Å²) < 4.78 is 12.0. The van der Waals surface area contributed by atoms with E-state index in [0.717, 1.165) is 31.2 Å². The first kappa shape index (κ1) is 20.2. The molecule has 1 aliphatic carbocycles. The molecule has 2 saturated heterocycles. The van der Waals surface area contributed by atoms with E-state index in [1.165, 1.54) is 0 Å².